The molecule has 0 atom stereocenters. The summed E-state index contributed by atoms with van der Waals surface area (Å²) in [4.78, 5) is 11.8. The van der Waals surface area contributed by atoms with E-state index in [9.17, 15) is 15.0 Å². The molecule has 0 saturated heterocycles. The molecule has 26 heavy (non-hydrogen) atoms. The Labute approximate surface area is 156 Å². The van der Waals surface area contributed by atoms with Crippen molar-refractivity contribution < 1.29 is 15.0 Å². The fourth-order valence-corrected chi connectivity index (χ4v) is 2.94. The minimum atomic E-state index is -0.973. The van der Waals surface area contributed by atoms with E-state index in [0.717, 1.165) is 16.7 Å². The van der Waals surface area contributed by atoms with Gasteiger partial charge < -0.3 is 10.2 Å². The Balaban J connectivity index is 2.74. The molecule has 0 bridgehead atoms. The average molecular weight is 352 g/mol. The molecule has 3 nitrogen and oxygen atoms in total. The second-order valence-electron chi connectivity index (χ2n) is 8.69. The van der Waals surface area contributed by atoms with E-state index in [4.69, 9.17) is 0 Å². The fourth-order valence-electron chi connectivity index (χ4n) is 2.94. The topological polar surface area (TPSA) is 57.5 Å². The third-order valence-corrected chi connectivity index (χ3v) is 4.37. The molecule has 0 heterocycles. The van der Waals surface area contributed by atoms with Gasteiger partial charge in [0.2, 0.25) is 0 Å². The van der Waals surface area contributed by atoms with Crippen LogP contribution in [0.2, 0.25) is 0 Å². The van der Waals surface area contributed by atoms with Crippen molar-refractivity contribution in [2.45, 2.75) is 52.4 Å². The van der Waals surface area contributed by atoms with Crippen molar-refractivity contribution in [3.05, 3.63) is 64.7 Å². The SMILES string of the molecule is CC(C)(C)c1cc(/C=C(/C(=O)O)c2ccccc2)cc(C(C)(C)C)c1O. The van der Waals surface area contributed by atoms with Gasteiger partial charge in [0.25, 0.3) is 0 Å². The summed E-state index contributed by atoms with van der Waals surface area (Å²) >= 11 is 0. The van der Waals surface area contributed by atoms with Gasteiger partial charge in [-0.2, -0.15) is 0 Å². The summed E-state index contributed by atoms with van der Waals surface area (Å²) in [6.45, 7) is 12.2. The molecule has 0 aliphatic heterocycles. The maximum absolute atomic E-state index is 11.8. The zero-order valence-corrected chi connectivity index (χ0v) is 16.4. The second kappa shape index (κ2) is 6.99. The summed E-state index contributed by atoms with van der Waals surface area (Å²) in [5.41, 5.74) is 2.77. The molecule has 3 heteroatoms. The summed E-state index contributed by atoms with van der Waals surface area (Å²) in [6, 6.07) is 12.9. The van der Waals surface area contributed by atoms with E-state index in [1.165, 1.54) is 0 Å². The number of hydrogen-bond acceptors (Lipinski definition) is 2. The molecule has 2 aromatic rings. The van der Waals surface area contributed by atoms with Crippen LogP contribution in [-0.4, -0.2) is 16.2 Å². The number of carbonyl (C=O) groups is 1. The zero-order chi connectivity index (χ0) is 19.7. The molecule has 0 spiro atoms. The van der Waals surface area contributed by atoms with Crippen LogP contribution in [0.4, 0.5) is 0 Å². The monoisotopic (exact) mass is 352 g/mol. The van der Waals surface area contributed by atoms with E-state index in [0.29, 0.717) is 11.3 Å². The quantitative estimate of drug-likeness (QED) is 0.557. The van der Waals surface area contributed by atoms with E-state index in [2.05, 4.69) is 0 Å². The van der Waals surface area contributed by atoms with Crippen LogP contribution in [0.25, 0.3) is 11.6 Å². The fraction of sp³-hybridized carbons (Fsp3) is 0.348. The van der Waals surface area contributed by atoms with Crippen LogP contribution in [0.5, 0.6) is 5.75 Å². The van der Waals surface area contributed by atoms with Gasteiger partial charge in [-0.05, 0) is 40.2 Å². The molecule has 0 saturated carbocycles. The Morgan fingerprint density at radius 2 is 1.35 bits per heavy atom. The highest BCUT2D eigenvalue weighted by Crippen LogP contribution is 2.40. The Kier molecular flexibility index (Phi) is 5.31. The van der Waals surface area contributed by atoms with Crippen LogP contribution < -0.4 is 0 Å². The van der Waals surface area contributed by atoms with Crippen molar-refractivity contribution in [2.24, 2.45) is 0 Å². The van der Waals surface area contributed by atoms with Crippen molar-refractivity contribution in [3.63, 3.8) is 0 Å². The van der Waals surface area contributed by atoms with E-state index in [-0.39, 0.29) is 16.4 Å². The molecule has 0 amide bonds. The molecule has 2 aromatic carbocycles. The number of phenols is 1. The number of carboxylic acid groups (broad SMARTS) is 1. The van der Waals surface area contributed by atoms with E-state index >= 15 is 0 Å². The lowest BCUT2D eigenvalue weighted by Gasteiger charge is -2.28. The number of aromatic hydroxyl groups is 1. The van der Waals surface area contributed by atoms with Gasteiger partial charge in [-0.25, -0.2) is 4.79 Å². The lowest BCUT2D eigenvalue weighted by Crippen LogP contribution is -2.17. The number of carboxylic acids is 1. The van der Waals surface area contributed by atoms with Crippen LogP contribution >= 0.6 is 0 Å². The van der Waals surface area contributed by atoms with Gasteiger partial charge in [-0.15, -0.1) is 0 Å². The normalized spacial score (nSPS) is 12.9. The Morgan fingerprint density at radius 3 is 1.73 bits per heavy atom. The van der Waals surface area contributed by atoms with Crippen LogP contribution in [0, 0.1) is 0 Å². The second-order valence-corrected chi connectivity index (χ2v) is 8.69. The maximum atomic E-state index is 11.8. The molecule has 138 valence electrons. The predicted octanol–water partition coefficient (Wildman–Crippen LogP) is 5.61. The third-order valence-electron chi connectivity index (χ3n) is 4.37. The summed E-state index contributed by atoms with van der Waals surface area (Å²) < 4.78 is 0. The first-order chi connectivity index (χ1) is 11.9. The maximum Gasteiger partial charge on any atom is 0.336 e. The largest absolute Gasteiger partial charge is 0.507 e. The molecule has 0 unspecified atom stereocenters. The number of benzene rings is 2. The van der Waals surface area contributed by atoms with Gasteiger partial charge in [0.1, 0.15) is 5.75 Å². The highest BCUT2D eigenvalue weighted by molar-refractivity contribution is 6.20. The highest BCUT2D eigenvalue weighted by Gasteiger charge is 2.26. The first kappa shape index (κ1) is 19.8. The average Bonchev–Trinajstić information content (AvgIpc) is 2.52. The van der Waals surface area contributed by atoms with Crippen molar-refractivity contribution >= 4 is 17.6 Å². The van der Waals surface area contributed by atoms with Crippen LogP contribution in [0.15, 0.2) is 42.5 Å². The summed E-state index contributed by atoms with van der Waals surface area (Å²) in [5, 5.41) is 20.5. The molecule has 0 radical (unpaired) electrons. The van der Waals surface area contributed by atoms with Gasteiger partial charge in [0, 0.05) is 11.1 Å². The number of phenolic OH excluding ortho intramolecular Hbond substituents is 1. The highest BCUT2D eigenvalue weighted by atomic mass is 16.4. The molecule has 2 N–H and O–H groups in total. The first-order valence-electron chi connectivity index (χ1n) is 8.79. The molecular weight excluding hydrogens is 324 g/mol. The summed E-state index contributed by atoms with van der Waals surface area (Å²) in [5.74, 6) is -0.683. The Hall–Kier alpha value is -2.55. The van der Waals surface area contributed by atoms with Crippen LogP contribution in [-0.2, 0) is 15.6 Å². The minimum absolute atomic E-state index is 0.232. The van der Waals surface area contributed by atoms with E-state index in [1.807, 2.05) is 71.9 Å². The van der Waals surface area contributed by atoms with Gasteiger partial charge in [-0.3, -0.25) is 0 Å². The number of rotatable bonds is 3. The smallest absolute Gasteiger partial charge is 0.336 e. The third kappa shape index (κ3) is 4.34. The standard InChI is InChI=1S/C23H28O3/c1-22(2,3)18-13-15(14-19(20(18)24)23(4,5)6)12-17(21(25)26)16-10-8-7-9-11-16/h7-14,24H,1-6H3,(H,25,26)/b17-12+. The van der Waals surface area contributed by atoms with Gasteiger partial charge in [-0.1, -0.05) is 71.9 Å². The zero-order valence-electron chi connectivity index (χ0n) is 16.4. The van der Waals surface area contributed by atoms with Crippen molar-refractivity contribution in [2.75, 3.05) is 0 Å². The van der Waals surface area contributed by atoms with E-state index < -0.39 is 5.97 Å². The van der Waals surface area contributed by atoms with Gasteiger partial charge >= 0.3 is 5.97 Å². The summed E-state index contributed by atoms with van der Waals surface area (Å²) in [6.07, 6.45) is 1.68. The van der Waals surface area contributed by atoms with Crippen LogP contribution in [0.3, 0.4) is 0 Å². The van der Waals surface area contributed by atoms with Crippen molar-refractivity contribution in [1.29, 1.82) is 0 Å². The minimum Gasteiger partial charge on any atom is -0.507 e. The number of hydrogen-bond donors (Lipinski definition) is 2. The molecule has 2 rings (SSSR count). The van der Waals surface area contributed by atoms with Gasteiger partial charge in [0.15, 0.2) is 0 Å². The molecule has 0 fully saturated rings. The Morgan fingerprint density at radius 1 is 0.885 bits per heavy atom. The lowest BCUT2D eigenvalue weighted by molar-refractivity contribution is -0.130. The molecule has 0 aliphatic carbocycles. The van der Waals surface area contributed by atoms with E-state index in [1.54, 1.807) is 18.2 Å². The molecule has 0 aromatic heterocycles. The first-order valence-corrected chi connectivity index (χ1v) is 8.79. The summed E-state index contributed by atoms with van der Waals surface area (Å²) in [7, 11) is 0. The molecular formula is C23H28O3. The number of aliphatic carboxylic acids is 1. The lowest BCUT2D eigenvalue weighted by atomic mass is 9.78. The van der Waals surface area contributed by atoms with Crippen LogP contribution in [0.1, 0.15) is 63.8 Å². The van der Waals surface area contributed by atoms with Crippen molar-refractivity contribution in [1.82, 2.24) is 0 Å². The van der Waals surface area contributed by atoms with Crippen molar-refractivity contribution in [3.8, 4) is 5.75 Å². The Bertz CT molecular complexity index is 797. The molecule has 0 aliphatic rings. The van der Waals surface area contributed by atoms with Gasteiger partial charge in [0.05, 0.1) is 5.57 Å². The predicted molar refractivity (Wildman–Crippen MR) is 107 cm³/mol.